The third-order valence-electron chi connectivity index (χ3n) is 3.30. The third kappa shape index (κ3) is 2.87. The monoisotopic (exact) mass is 254 g/mol. The quantitative estimate of drug-likeness (QED) is 0.760. The fourth-order valence-corrected chi connectivity index (χ4v) is 2.26. The summed E-state index contributed by atoms with van der Waals surface area (Å²) in [5, 5.41) is 3.23. The zero-order chi connectivity index (χ0) is 13.8. The minimum atomic E-state index is -0.527. The van der Waals surface area contributed by atoms with E-state index < -0.39 is 6.04 Å². The predicted octanol–water partition coefficient (Wildman–Crippen LogP) is 4.37. The lowest BCUT2D eigenvalue weighted by Crippen LogP contribution is -2.03. The van der Waals surface area contributed by atoms with Crippen molar-refractivity contribution in [3.8, 4) is 0 Å². The largest absolute Gasteiger partial charge is 0.258 e. The fourth-order valence-electron chi connectivity index (χ4n) is 2.26. The number of aromatic nitrogens is 1. The average molecular weight is 254 g/mol. The Morgan fingerprint density at radius 2 is 1.84 bits per heavy atom. The van der Waals surface area contributed by atoms with E-state index in [-0.39, 0.29) is 0 Å². The molecule has 0 saturated carbocycles. The van der Waals surface area contributed by atoms with Gasteiger partial charge in [0.15, 0.2) is 6.04 Å². The molecule has 0 bridgehead atoms. The number of rotatable bonds is 4. The van der Waals surface area contributed by atoms with Gasteiger partial charge in [-0.1, -0.05) is 49.4 Å². The first kappa shape index (κ1) is 13.4. The van der Waals surface area contributed by atoms with Gasteiger partial charge in [-0.3, -0.25) is 4.98 Å². The lowest BCUT2D eigenvalue weighted by molar-refractivity contribution is 0.796. The third-order valence-corrected chi connectivity index (χ3v) is 3.30. The molecule has 1 aromatic heterocycles. The van der Waals surface area contributed by atoms with Crippen LogP contribution in [-0.2, 0) is 0 Å². The van der Waals surface area contributed by atoms with Gasteiger partial charge in [0.1, 0.15) is 0 Å². The number of aryl methyl sites for hydroxylation is 1. The van der Waals surface area contributed by atoms with Gasteiger partial charge in [-0.25, -0.2) is 0 Å². The lowest BCUT2D eigenvalue weighted by atomic mass is 9.97. The molecule has 0 radical (unpaired) electrons. The van der Waals surface area contributed by atoms with Crippen LogP contribution in [0.15, 0.2) is 47.8 Å². The number of nitroso groups, excluding NO2 is 1. The van der Waals surface area contributed by atoms with E-state index >= 15 is 0 Å². The first-order chi connectivity index (χ1) is 9.13. The van der Waals surface area contributed by atoms with Gasteiger partial charge in [0, 0.05) is 6.20 Å². The Labute approximate surface area is 113 Å². The van der Waals surface area contributed by atoms with Crippen molar-refractivity contribution in [3.63, 3.8) is 0 Å². The first-order valence-electron chi connectivity index (χ1n) is 6.47. The van der Waals surface area contributed by atoms with Crippen LogP contribution in [0.2, 0.25) is 0 Å². The van der Waals surface area contributed by atoms with E-state index in [0.717, 1.165) is 11.1 Å². The molecule has 98 valence electrons. The molecule has 2 aromatic rings. The average Bonchev–Trinajstić information content (AvgIpc) is 2.40. The molecule has 0 amide bonds. The summed E-state index contributed by atoms with van der Waals surface area (Å²) in [5.41, 5.74) is 3.95. The van der Waals surface area contributed by atoms with Crippen molar-refractivity contribution < 1.29 is 0 Å². The number of hydrogen-bond donors (Lipinski definition) is 0. The molecule has 3 nitrogen and oxygen atoms in total. The van der Waals surface area contributed by atoms with Gasteiger partial charge in [0.25, 0.3) is 0 Å². The molecule has 2 rings (SSSR count). The van der Waals surface area contributed by atoms with Crippen LogP contribution in [0.4, 0.5) is 0 Å². The Morgan fingerprint density at radius 1 is 1.16 bits per heavy atom. The second-order valence-electron chi connectivity index (χ2n) is 5.04. The van der Waals surface area contributed by atoms with E-state index in [1.54, 1.807) is 0 Å². The molecule has 0 fully saturated rings. The minimum absolute atomic E-state index is 0.431. The summed E-state index contributed by atoms with van der Waals surface area (Å²) in [6, 6.07) is 11.0. The van der Waals surface area contributed by atoms with Crippen molar-refractivity contribution in [1.29, 1.82) is 0 Å². The molecule has 0 N–H and O–H groups in total. The van der Waals surface area contributed by atoms with Crippen molar-refractivity contribution in [2.24, 2.45) is 5.18 Å². The summed E-state index contributed by atoms with van der Waals surface area (Å²) in [5.74, 6) is 0.431. The summed E-state index contributed by atoms with van der Waals surface area (Å²) < 4.78 is 0. The molecule has 0 saturated heterocycles. The van der Waals surface area contributed by atoms with Gasteiger partial charge in [-0.2, -0.15) is 0 Å². The molecule has 0 spiro atoms. The maximum atomic E-state index is 11.1. The van der Waals surface area contributed by atoms with Crippen LogP contribution < -0.4 is 0 Å². The van der Waals surface area contributed by atoms with E-state index in [1.165, 1.54) is 5.56 Å². The van der Waals surface area contributed by atoms with E-state index in [4.69, 9.17) is 0 Å². The van der Waals surface area contributed by atoms with E-state index in [2.05, 4.69) is 24.0 Å². The molecule has 19 heavy (non-hydrogen) atoms. The highest BCUT2D eigenvalue weighted by atomic mass is 16.3. The fraction of sp³-hybridized carbons (Fsp3) is 0.312. The topological polar surface area (TPSA) is 42.3 Å². The second kappa shape index (κ2) is 5.74. The maximum absolute atomic E-state index is 11.1. The number of pyridine rings is 1. The van der Waals surface area contributed by atoms with Crippen LogP contribution >= 0.6 is 0 Å². The lowest BCUT2D eigenvalue weighted by Gasteiger charge is -2.13. The highest BCUT2D eigenvalue weighted by molar-refractivity contribution is 5.33. The summed E-state index contributed by atoms with van der Waals surface area (Å²) in [6.45, 7) is 6.32. The molecule has 0 aliphatic heterocycles. The van der Waals surface area contributed by atoms with Crippen LogP contribution in [0, 0.1) is 11.8 Å². The molecular formula is C16H18N2O. The van der Waals surface area contributed by atoms with Crippen molar-refractivity contribution in [3.05, 3.63) is 69.9 Å². The highest BCUT2D eigenvalue weighted by Gasteiger charge is 2.17. The van der Waals surface area contributed by atoms with Gasteiger partial charge in [0.2, 0.25) is 0 Å². The molecule has 0 unspecified atom stereocenters. The van der Waals surface area contributed by atoms with Crippen LogP contribution in [-0.4, -0.2) is 4.98 Å². The number of nitrogens with zero attached hydrogens (tertiary/aromatic N) is 2. The summed E-state index contributed by atoms with van der Waals surface area (Å²) in [4.78, 5) is 15.6. The molecule has 0 aliphatic carbocycles. The Bertz CT molecular complexity index is 564. The van der Waals surface area contributed by atoms with Crippen molar-refractivity contribution in [2.45, 2.75) is 32.7 Å². The molecule has 1 atom stereocenters. The van der Waals surface area contributed by atoms with Gasteiger partial charge >= 0.3 is 0 Å². The molecule has 1 heterocycles. The SMILES string of the molecule is Cc1cc([C@@H](N=O)c2ccccc2)ncc1C(C)C. The predicted molar refractivity (Wildman–Crippen MR) is 77.1 cm³/mol. The van der Waals surface area contributed by atoms with E-state index in [9.17, 15) is 4.91 Å². The number of benzene rings is 1. The van der Waals surface area contributed by atoms with Crippen molar-refractivity contribution in [1.82, 2.24) is 4.98 Å². The van der Waals surface area contributed by atoms with Crippen LogP contribution in [0.25, 0.3) is 0 Å². The Hall–Kier alpha value is -2.03. The van der Waals surface area contributed by atoms with Gasteiger partial charge in [-0.05, 0) is 35.6 Å². The number of hydrogen-bond acceptors (Lipinski definition) is 3. The molecule has 0 aliphatic rings. The smallest absolute Gasteiger partial charge is 0.159 e. The normalized spacial score (nSPS) is 12.4. The van der Waals surface area contributed by atoms with Crippen LogP contribution in [0.5, 0.6) is 0 Å². The molecular weight excluding hydrogens is 236 g/mol. The Morgan fingerprint density at radius 3 is 2.37 bits per heavy atom. The van der Waals surface area contributed by atoms with Crippen LogP contribution in [0.3, 0.4) is 0 Å². The second-order valence-corrected chi connectivity index (χ2v) is 5.04. The first-order valence-corrected chi connectivity index (χ1v) is 6.47. The van der Waals surface area contributed by atoms with Gasteiger partial charge < -0.3 is 0 Å². The van der Waals surface area contributed by atoms with Crippen LogP contribution in [0.1, 0.15) is 48.2 Å². The summed E-state index contributed by atoms with van der Waals surface area (Å²) in [7, 11) is 0. The van der Waals surface area contributed by atoms with Crippen molar-refractivity contribution >= 4 is 0 Å². The molecule has 1 aromatic carbocycles. The van der Waals surface area contributed by atoms with E-state index in [0.29, 0.717) is 11.6 Å². The zero-order valence-corrected chi connectivity index (χ0v) is 11.5. The standard InChI is InChI=1S/C16H18N2O/c1-11(2)14-10-17-15(9-12(14)3)16(18-19)13-7-5-4-6-8-13/h4-11,16H,1-3H3/t16-/m0/s1. The van der Waals surface area contributed by atoms with Gasteiger partial charge in [0.05, 0.1) is 5.69 Å². The maximum Gasteiger partial charge on any atom is 0.159 e. The Kier molecular flexibility index (Phi) is 4.05. The van der Waals surface area contributed by atoms with Gasteiger partial charge in [-0.15, -0.1) is 4.91 Å². The van der Waals surface area contributed by atoms with Crippen molar-refractivity contribution in [2.75, 3.05) is 0 Å². The molecule has 3 heteroatoms. The zero-order valence-electron chi connectivity index (χ0n) is 11.5. The summed E-state index contributed by atoms with van der Waals surface area (Å²) >= 11 is 0. The minimum Gasteiger partial charge on any atom is -0.258 e. The van der Waals surface area contributed by atoms with E-state index in [1.807, 2.05) is 49.5 Å². The summed E-state index contributed by atoms with van der Waals surface area (Å²) in [6.07, 6.45) is 1.86. The Balaban J connectivity index is 2.40. The highest BCUT2D eigenvalue weighted by Crippen LogP contribution is 2.27.